The predicted octanol–water partition coefficient (Wildman–Crippen LogP) is 1.58. The van der Waals surface area contributed by atoms with E-state index in [1.54, 1.807) is 11.7 Å². The number of hydrogen-bond acceptors (Lipinski definition) is 4. The molecule has 0 bridgehead atoms. The zero-order chi connectivity index (χ0) is 12.3. The van der Waals surface area contributed by atoms with Crippen LogP contribution in [0.15, 0.2) is 5.16 Å². The van der Waals surface area contributed by atoms with Gasteiger partial charge in [0, 0.05) is 13.5 Å². The van der Waals surface area contributed by atoms with Crippen LogP contribution in [0.25, 0.3) is 0 Å². The number of carboxylic acid groups (broad SMARTS) is 1. The Hall–Kier alpha value is -1.04. The first-order valence-electron chi connectivity index (χ1n) is 5.02. The summed E-state index contributed by atoms with van der Waals surface area (Å²) in [7, 11) is 1.78. The number of carboxylic acids is 1. The fraction of sp³-hybridized carbons (Fsp3) is 0.700. The summed E-state index contributed by atoms with van der Waals surface area (Å²) in [6, 6.07) is 0. The first-order chi connectivity index (χ1) is 7.28. The molecule has 0 radical (unpaired) electrons. The normalized spacial score (nSPS) is 11.8. The molecule has 16 heavy (non-hydrogen) atoms. The molecule has 1 N–H and O–H groups in total. The van der Waals surface area contributed by atoms with Crippen LogP contribution in [-0.4, -0.2) is 31.6 Å². The third-order valence-electron chi connectivity index (χ3n) is 1.78. The molecule has 90 valence electrons. The first-order valence-corrected chi connectivity index (χ1v) is 6.01. The highest BCUT2D eigenvalue weighted by Crippen LogP contribution is 2.21. The van der Waals surface area contributed by atoms with Crippen LogP contribution < -0.4 is 0 Å². The molecule has 0 amide bonds. The molecule has 0 fully saturated rings. The van der Waals surface area contributed by atoms with Crippen molar-refractivity contribution in [2.75, 3.05) is 5.75 Å². The molecule has 0 atom stereocenters. The van der Waals surface area contributed by atoms with Gasteiger partial charge < -0.3 is 5.11 Å². The molecule has 0 saturated carbocycles. The summed E-state index contributed by atoms with van der Waals surface area (Å²) in [5.41, 5.74) is 0.135. The SMILES string of the molecule is Cn1nc(CC(C)(C)C)nc1SCC(=O)O. The number of aromatic nitrogens is 3. The smallest absolute Gasteiger partial charge is 0.313 e. The Balaban J connectivity index is 2.70. The summed E-state index contributed by atoms with van der Waals surface area (Å²) < 4.78 is 1.63. The molecule has 0 aliphatic carbocycles. The molecular formula is C10H17N3O2S. The number of rotatable bonds is 4. The molecule has 0 saturated heterocycles. The van der Waals surface area contributed by atoms with E-state index in [1.165, 1.54) is 11.8 Å². The van der Waals surface area contributed by atoms with Crippen LogP contribution in [0.4, 0.5) is 0 Å². The molecule has 1 aromatic heterocycles. The van der Waals surface area contributed by atoms with Crippen LogP contribution in [-0.2, 0) is 18.3 Å². The van der Waals surface area contributed by atoms with Crippen molar-refractivity contribution in [3.05, 3.63) is 5.82 Å². The van der Waals surface area contributed by atoms with Gasteiger partial charge in [0.05, 0.1) is 5.75 Å². The molecule has 1 aromatic rings. The van der Waals surface area contributed by atoms with Gasteiger partial charge in [-0.05, 0) is 5.41 Å². The highest BCUT2D eigenvalue weighted by Gasteiger charge is 2.16. The number of thioether (sulfide) groups is 1. The molecule has 0 aliphatic rings. The van der Waals surface area contributed by atoms with Crippen molar-refractivity contribution in [2.24, 2.45) is 12.5 Å². The van der Waals surface area contributed by atoms with Gasteiger partial charge in [-0.15, -0.1) is 0 Å². The van der Waals surface area contributed by atoms with E-state index < -0.39 is 5.97 Å². The van der Waals surface area contributed by atoms with E-state index in [0.717, 1.165) is 12.2 Å². The zero-order valence-electron chi connectivity index (χ0n) is 10.0. The predicted molar refractivity (Wildman–Crippen MR) is 62.5 cm³/mol. The molecule has 1 rings (SSSR count). The lowest BCUT2D eigenvalue weighted by Gasteiger charge is -2.14. The largest absolute Gasteiger partial charge is 0.481 e. The summed E-state index contributed by atoms with van der Waals surface area (Å²) in [5, 5.41) is 13.5. The summed E-state index contributed by atoms with van der Waals surface area (Å²) in [5.74, 6) is -0.0603. The lowest BCUT2D eigenvalue weighted by Crippen LogP contribution is -2.10. The van der Waals surface area contributed by atoms with Gasteiger partial charge in [-0.2, -0.15) is 5.10 Å². The Bertz CT molecular complexity index is 382. The highest BCUT2D eigenvalue weighted by atomic mass is 32.2. The quantitative estimate of drug-likeness (QED) is 0.813. The molecule has 0 aliphatic heterocycles. The van der Waals surface area contributed by atoms with Gasteiger partial charge in [-0.25, -0.2) is 9.67 Å². The van der Waals surface area contributed by atoms with E-state index in [-0.39, 0.29) is 11.2 Å². The average molecular weight is 243 g/mol. The van der Waals surface area contributed by atoms with Crippen molar-refractivity contribution >= 4 is 17.7 Å². The maximum Gasteiger partial charge on any atom is 0.313 e. The zero-order valence-corrected chi connectivity index (χ0v) is 10.8. The van der Waals surface area contributed by atoms with Crippen molar-refractivity contribution in [1.82, 2.24) is 14.8 Å². The van der Waals surface area contributed by atoms with E-state index in [9.17, 15) is 4.79 Å². The minimum absolute atomic E-state index is 0.0154. The third kappa shape index (κ3) is 4.22. The summed E-state index contributed by atoms with van der Waals surface area (Å²) in [6.07, 6.45) is 0.786. The van der Waals surface area contributed by atoms with Crippen molar-refractivity contribution in [1.29, 1.82) is 0 Å². The molecule has 6 heteroatoms. The van der Waals surface area contributed by atoms with Crippen LogP contribution in [0.5, 0.6) is 0 Å². The summed E-state index contributed by atoms with van der Waals surface area (Å²) in [4.78, 5) is 14.8. The Labute approximate surface area is 99.3 Å². The minimum Gasteiger partial charge on any atom is -0.481 e. The van der Waals surface area contributed by atoms with E-state index in [0.29, 0.717) is 5.16 Å². The molecule has 5 nitrogen and oxygen atoms in total. The van der Waals surface area contributed by atoms with E-state index in [2.05, 4.69) is 30.9 Å². The Morgan fingerprint density at radius 3 is 2.62 bits per heavy atom. The van der Waals surface area contributed by atoms with Gasteiger partial charge in [0.15, 0.2) is 11.0 Å². The first kappa shape index (κ1) is 13.0. The van der Waals surface area contributed by atoms with Gasteiger partial charge in [0.1, 0.15) is 0 Å². The number of hydrogen-bond donors (Lipinski definition) is 1. The topological polar surface area (TPSA) is 68.0 Å². The minimum atomic E-state index is -0.842. The number of carbonyl (C=O) groups is 1. The summed E-state index contributed by atoms with van der Waals surface area (Å²) >= 11 is 1.19. The van der Waals surface area contributed by atoms with E-state index >= 15 is 0 Å². The standard InChI is InChI=1S/C10H17N3O2S/c1-10(2,3)5-7-11-9(13(4)12-7)16-6-8(14)15/h5-6H2,1-4H3,(H,14,15). The monoisotopic (exact) mass is 243 g/mol. The summed E-state index contributed by atoms with van der Waals surface area (Å²) in [6.45, 7) is 6.36. The Morgan fingerprint density at radius 2 is 2.12 bits per heavy atom. The van der Waals surface area contributed by atoms with Gasteiger partial charge in [0.2, 0.25) is 0 Å². The molecule has 1 heterocycles. The van der Waals surface area contributed by atoms with Crippen LogP contribution in [0.1, 0.15) is 26.6 Å². The molecule has 0 unspecified atom stereocenters. The molecule has 0 spiro atoms. The number of aryl methyl sites for hydroxylation is 1. The van der Waals surface area contributed by atoms with Crippen LogP contribution in [0, 0.1) is 5.41 Å². The van der Waals surface area contributed by atoms with Crippen molar-refractivity contribution < 1.29 is 9.90 Å². The fourth-order valence-corrected chi connectivity index (χ4v) is 1.87. The van der Waals surface area contributed by atoms with E-state index in [1.807, 2.05) is 0 Å². The molecule has 0 aromatic carbocycles. The molecular weight excluding hydrogens is 226 g/mol. The second-order valence-electron chi connectivity index (χ2n) is 4.85. The second kappa shape index (κ2) is 4.86. The average Bonchev–Trinajstić information content (AvgIpc) is 2.39. The van der Waals surface area contributed by atoms with Crippen molar-refractivity contribution in [3.63, 3.8) is 0 Å². The fourth-order valence-electron chi connectivity index (χ4n) is 1.22. The van der Waals surface area contributed by atoms with Crippen molar-refractivity contribution in [3.8, 4) is 0 Å². The van der Waals surface area contributed by atoms with Crippen LogP contribution in [0.3, 0.4) is 0 Å². The van der Waals surface area contributed by atoms with Crippen molar-refractivity contribution in [2.45, 2.75) is 32.3 Å². The lowest BCUT2D eigenvalue weighted by atomic mass is 9.92. The maximum absolute atomic E-state index is 10.4. The van der Waals surface area contributed by atoms with Crippen LogP contribution >= 0.6 is 11.8 Å². The highest BCUT2D eigenvalue weighted by molar-refractivity contribution is 7.99. The van der Waals surface area contributed by atoms with Gasteiger partial charge >= 0.3 is 5.97 Å². The van der Waals surface area contributed by atoms with Gasteiger partial charge in [0.25, 0.3) is 0 Å². The number of aliphatic carboxylic acids is 1. The number of nitrogens with zero attached hydrogens (tertiary/aromatic N) is 3. The van der Waals surface area contributed by atoms with Gasteiger partial charge in [-0.1, -0.05) is 32.5 Å². The van der Waals surface area contributed by atoms with E-state index in [4.69, 9.17) is 5.11 Å². The lowest BCUT2D eigenvalue weighted by molar-refractivity contribution is -0.133. The Morgan fingerprint density at radius 1 is 1.50 bits per heavy atom. The Kier molecular flexibility index (Phi) is 3.96. The third-order valence-corrected chi connectivity index (χ3v) is 2.79. The maximum atomic E-state index is 10.4. The van der Waals surface area contributed by atoms with Crippen LogP contribution in [0.2, 0.25) is 0 Å². The van der Waals surface area contributed by atoms with Gasteiger partial charge in [-0.3, -0.25) is 4.79 Å². The second-order valence-corrected chi connectivity index (χ2v) is 5.80.